The number of halogens is 1. The third kappa shape index (κ3) is 3.42. The van der Waals surface area contributed by atoms with Crippen LogP contribution in [0.4, 0.5) is 0 Å². The summed E-state index contributed by atoms with van der Waals surface area (Å²) < 4.78 is 6.49. The lowest BCUT2D eigenvalue weighted by atomic mass is 10.2. The molecular formula is C18H15ClN2O2S. The van der Waals surface area contributed by atoms with Gasteiger partial charge in [0.05, 0.1) is 17.8 Å². The second-order valence-corrected chi connectivity index (χ2v) is 6.34. The number of para-hydroxylation sites is 1. The summed E-state index contributed by atoms with van der Waals surface area (Å²) in [5, 5.41) is 5.35. The molecule has 0 aliphatic carbocycles. The fourth-order valence-electron chi connectivity index (χ4n) is 2.25. The lowest BCUT2D eigenvalue weighted by Gasteiger charge is -2.05. The zero-order valence-electron chi connectivity index (χ0n) is 13.0. The van der Waals surface area contributed by atoms with Gasteiger partial charge in [-0.25, -0.2) is 5.43 Å². The van der Waals surface area contributed by atoms with Gasteiger partial charge in [0.25, 0.3) is 5.91 Å². The molecule has 1 amide bonds. The van der Waals surface area contributed by atoms with Gasteiger partial charge < -0.3 is 4.74 Å². The Labute approximate surface area is 148 Å². The van der Waals surface area contributed by atoms with Crippen LogP contribution in [0.2, 0.25) is 5.02 Å². The van der Waals surface area contributed by atoms with Gasteiger partial charge in [0.1, 0.15) is 10.6 Å². The first kappa shape index (κ1) is 16.5. The average Bonchev–Trinajstić information content (AvgIpc) is 2.94. The summed E-state index contributed by atoms with van der Waals surface area (Å²) in [7, 11) is 0. The van der Waals surface area contributed by atoms with Gasteiger partial charge in [0, 0.05) is 15.6 Å². The number of hydrogen-bond acceptors (Lipinski definition) is 4. The highest BCUT2D eigenvalue weighted by atomic mass is 35.5. The molecule has 1 heterocycles. The number of hydrazone groups is 1. The molecule has 2 aromatic carbocycles. The minimum absolute atomic E-state index is 0.327. The number of carbonyl (C=O) groups is 1. The summed E-state index contributed by atoms with van der Waals surface area (Å²) in [6, 6.07) is 15.1. The molecule has 0 aliphatic heterocycles. The molecule has 0 spiro atoms. The van der Waals surface area contributed by atoms with Crippen molar-refractivity contribution in [3.8, 4) is 5.75 Å². The summed E-state index contributed by atoms with van der Waals surface area (Å²) in [4.78, 5) is 12.8. The number of benzene rings is 2. The van der Waals surface area contributed by atoms with E-state index in [1.54, 1.807) is 6.21 Å². The van der Waals surface area contributed by atoms with Crippen LogP contribution in [0, 0.1) is 0 Å². The maximum absolute atomic E-state index is 12.3. The van der Waals surface area contributed by atoms with Crippen molar-refractivity contribution in [2.24, 2.45) is 5.10 Å². The van der Waals surface area contributed by atoms with Gasteiger partial charge >= 0.3 is 0 Å². The van der Waals surface area contributed by atoms with E-state index in [1.807, 2.05) is 55.5 Å². The van der Waals surface area contributed by atoms with Crippen molar-refractivity contribution in [3.63, 3.8) is 0 Å². The lowest BCUT2D eigenvalue weighted by molar-refractivity contribution is 0.0959. The Hall–Kier alpha value is -2.37. The van der Waals surface area contributed by atoms with Crippen molar-refractivity contribution in [2.45, 2.75) is 6.92 Å². The van der Waals surface area contributed by atoms with Crippen LogP contribution in [0.5, 0.6) is 5.75 Å². The van der Waals surface area contributed by atoms with Crippen molar-refractivity contribution in [1.29, 1.82) is 0 Å². The fraction of sp³-hybridized carbons (Fsp3) is 0.111. The second kappa shape index (κ2) is 7.47. The van der Waals surface area contributed by atoms with E-state index >= 15 is 0 Å². The van der Waals surface area contributed by atoms with E-state index < -0.39 is 0 Å². The van der Waals surface area contributed by atoms with E-state index in [1.165, 1.54) is 11.3 Å². The molecule has 0 unspecified atom stereocenters. The van der Waals surface area contributed by atoms with E-state index in [9.17, 15) is 4.79 Å². The molecule has 122 valence electrons. The summed E-state index contributed by atoms with van der Waals surface area (Å²) in [6.07, 6.45) is 1.56. The standard InChI is InChI=1S/C18H15ClN2O2S/c1-2-23-14-9-5-3-7-12(14)11-20-21-18(22)17-16(19)13-8-4-6-10-15(13)24-17/h3-11H,2H2,1H3,(H,21,22)/b20-11+. The predicted molar refractivity (Wildman–Crippen MR) is 99.5 cm³/mol. The third-order valence-corrected chi connectivity index (χ3v) is 5.00. The number of thiophene rings is 1. The molecule has 24 heavy (non-hydrogen) atoms. The minimum atomic E-state index is -0.327. The number of fused-ring (bicyclic) bond motifs is 1. The van der Waals surface area contributed by atoms with Crippen LogP contribution in [-0.2, 0) is 0 Å². The van der Waals surface area contributed by atoms with E-state index in [4.69, 9.17) is 16.3 Å². The second-order valence-electron chi connectivity index (χ2n) is 4.91. The van der Waals surface area contributed by atoms with Crippen LogP contribution >= 0.6 is 22.9 Å². The third-order valence-electron chi connectivity index (χ3n) is 3.33. The number of nitrogens with one attached hydrogen (secondary N) is 1. The zero-order chi connectivity index (χ0) is 16.9. The van der Waals surface area contributed by atoms with Crippen molar-refractivity contribution in [3.05, 3.63) is 64.0 Å². The van der Waals surface area contributed by atoms with Gasteiger partial charge in [-0.1, -0.05) is 41.9 Å². The summed E-state index contributed by atoms with van der Waals surface area (Å²) in [5.41, 5.74) is 3.31. The SMILES string of the molecule is CCOc1ccccc1/C=N/NC(=O)c1sc2ccccc2c1Cl. The number of hydrogen-bond donors (Lipinski definition) is 1. The largest absolute Gasteiger partial charge is 0.493 e. The maximum Gasteiger partial charge on any atom is 0.283 e. The van der Waals surface area contributed by atoms with Crippen LogP contribution in [0.25, 0.3) is 10.1 Å². The van der Waals surface area contributed by atoms with E-state index in [0.29, 0.717) is 16.5 Å². The molecule has 0 radical (unpaired) electrons. The molecule has 0 saturated heterocycles. The van der Waals surface area contributed by atoms with Gasteiger partial charge in [-0.15, -0.1) is 11.3 Å². The smallest absolute Gasteiger partial charge is 0.283 e. The molecule has 4 nitrogen and oxygen atoms in total. The number of ether oxygens (including phenoxy) is 1. The quantitative estimate of drug-likeness (QED) is 0.530. The van der Waals surface area contributed by atoms with Crippen molar-refractivity contribution in [2.75, 3.05) is 6.61 Å². The Kier molecular flexibility index (Phi) is 5.13. The maximum atomic E-state index is 12.3. The molecule has 0 fully saturated rings. The molecule has 3 aromatic rings. The monoisotopic (exact) mass is 358 g/mol. The molecule has 0 saturated carbocycles. The number of nitrogens with zero attached hydrogens (tertiary/aromatic N) is 1. The molecule has 1 N–H and O–H groups in total. The first-order valence-corrected chi connectivity index (χ1v) is 8.62. The summed E-state index contributed by atoms with van der Waals surface area (Å²) in [6.45, 7) is 2.48. The molecule has 6 heteroatoms. The first-order valence-electron chi connectivity index (χ1n) is 7.43. The van der Waals surface area contributed by atoms with Crippen molar-refractivity contribution >= 4 is 45.1 Å². The van der Waals surface area contributed by atoms with Crippen molar-refractivity contribution < 1.29 is 9.53 Å². The average molecular weight is 359 g/mol. The first-order chi connectivity index (χ1) is 11.7. The normalized spacial score (nSPS) is 11.1. The molecular weight excluding hydrogens is 344 g/mol. The van der Waals surface area contributed by atoms with Crippen molar-refractivity contribution in [1.82, 2.24) is 5.43 Å². The van der Waals surface area contributed by atoms with Crippen LogP contribution in [0.1, 0.15) is 22.2 Å². The molecule has 0 aliphatic rings. The molecule has 0 atom stereocenters. The Balaban J connectivity index is 1.76. The highest BCUT2D eigenvalue weighted by Gasteiger charge is 2.16. The fourth-order valence-corrected chi connectivity index (χ4v) is 3.65. The zero-order valence-corrected chi connectivity index (χ0v) is 14.5. The van der Waals surface area contributed by atoms with E-state index in [-0.39, 0.29) is 5.91 Å². The Morgan fingerprint density at radius 3 is 2.79 bits per heavy atom. The van der Waals surface area contributed by atoms with E-state index in [2.05, 4.69) is 10.5 Å². The topological polar surface area (TPSA) is 50.7 Å². The minimum Gasteiger partial charge on any atom is -0.493 e. The van der Waals surface area contributed by atoms with Gasteiger partial charge in [-0.3, -0.25) is 4.79 Å². The number of rotatable bonds is 5. The van der Waals surface area contributed by atoms with Crippen LogP contribution in [0.15, 0.2) is 53.6 Å². The van der Waals surface area contributed by atoms with Crippen LogP contribution in [-0.4, -0.2) is 18.7 Å². The van der Waals surface area contributed by atoms with Gasteiger partial charge in [-0.05, 0) is 25.1 Å². The van der Waals surface area contributed by atoms with Gasteiger partial charge in [0.15, 0.2) is 0 Å². The van der Waals surface area contributed by atoms with Crippen LogP contribution in [0.3, 0.4) is 0 Å². The lowest BCUT2D eigenvalue weighted by Crippen LogP contribution is -2.16. The molecule has 0 bridgehead atoms. The summed E-state index contributed by atoms with van der Waals surface area (Å²) in [5.74, 6) is 0.393. The van der Waals surface area contributed by atoms with Crippen LogP contribution < -0.4 is 10.2 Å². The number of carbonyl (C=O) groups excluding carboxylic acids is 1. The van der Waals surface area contributed by atoms with Gasteiger partial charge in [0.2, 0.25) is 0 Å². The predicted octanol–water partition coefficient (Wildman–Crippen LogP) is 4.72. The molecule has 1 aromatic heterocycles. The molecule has 3 rings (SSSR count). The Morgan fingerprint density at radius 2 is 2.00 bits per heavy atom. The van der Waals surface area contributed by atoms with Gasteiger partial charge in [-0.2, -0.15) is 5.10 Å². The Bertz CT molecular complexity index is 905. The number of amides is 1. The van der Waals surface area contributed by atoms with E-state index in [0.717, 1.165) is 21.4 Å². The highest BCUT2D eigenvalue weighted by molar-refractivity contribution is 7.21. The summed E-state index contributed by atoms with van der Waals surface area (Å²) >= 11 is 7.64. The Morgan fingerprint density at radius 1 is 1.25 bits per heavy atom. The highest BCUT2D eigenvalue weighted by Crippen LogP contribution is 2.34.